The van der Waals surface area contributed by atoms with Crippen LogP contribution in [0.15, 0.2) is 23.2 Å². The highest BCUT2D eigenvalue weighted by molar-refractivity contribution is 5.79. The lowest BCUT2D eigenvalue weighted by Crippen LogP contribution is -2.42. The van der Waals surface area contributed by atoms with Crippen molar-refractivity contribution < 1.29 is 17.6 Å². The van der Waals surface area contributed by atoms with Gasteiger partial charge in [-0.25, -0.2) is 4.39 Å². The molecule has 140 valence electrons. The molecule has 0 aliphatic heterocycles. The van der Waals surface area contributed by atoms with Crippen LogP contribution in [0.25, 0.3) is 0 Å². The highest BCUT2D eigenvalue weighted by atomic mass is 19.4. The topological polar surface area (TPSA) is 39.7 Å². The van der Waals surface area contributed by atoms with Crippen LogP contribution in [0, 0.1) is 5.82 Å². The quantitative estimate of drug-likeness (QED) is 0.446. The Hall–Kier alpha value is -1.83. The van der Waals surface area contributed by atoms with Gasteiger partial charge in [-0.2, -0.15) is 13.2 Å². The van der Waals surface area contributed by atoms with Crippen LogP contribution >= 0.6 is 0 Å². The zero-order valence-electron chi connectivity index (χ0n) is 14.5. The van der Waals surface area contributed by atoms with Crippen molar-refractivity contribution in [2.24, 2.45) is 4.99 Å². The summed E-state index contributed by atoms with van der Waals surface area (Å²) in [6.07, 6.45) is -2.14. The number of hydrogen-bond acceptors (Lipinski definition) is 2. The standard InChI is InChI=1S/C17H24F4N4/c1-3-25(14-6-7-14)9-8-23-16(22-2)24-11-12-4-5-13(18)10-15(12)17(19,20)21/h4-5,10,14H,3,6-9,11H2,1-2H3,(H2,22,23,24). The fourth-order valence-corrected chi connectivity index (χ4v) is 2.72. The molecule has 1 aliphatic carbocycles. The summed E-state index contributed by atoms with van der Waals surface area (Å²) in [6.45, 7) is 4.50. The van der Waals surface area contributed by atoms with E-state index in [0.717, 1.165) is 25.2 Å². The SMILES string of the molecule is CCN(CCNC(=NC)NCc1ccc(F)cc1C(F)(F)F)C1CC1. The molecule has 0 radical (unpaired) electrons. The number of aliphatic imine (C=N–C) groups is 1. The van der Waals surface area contributed by atoms with E-state index in [1.807, 2.05) is 0 Å². The second kappa shape index (κ2) is 8.51. The molecule has 0 saturated heterocycles. The molecule has 0 aromatic heterocycles. The molecule has 1 aromatic carbocycles. The van der Waals surface area contributed by atoms with Gasteiger partial charge in [-0.15, -0.1) is 0 Å². The predicted octanol–water partition coefficient (Wildman–Crippen LogP) is 2.99. The van der Waals surface area contributed by atoms with Crippen molar-refractivity contribution in [1.29, 1.82) is 0 Å². The van der Waals surface area contributed by atoms with Gasteiger partial charge in [0.25, 0.3) is 0 Å². The maximum atomic E-state index is 13.1. The minimum absolute atomic E-state index is 0.0231. The van der Waals surface area contributed by atoms with E-state index >= 15 is 0 Å². The van der Waals surface area contributed by atoms with E-state index < -0.39 is 17.6 Å². The van der Waals surface area contributed by atoms with E-state index in [2.05, 4.69) is 27.4 Å². The molecule has 0 unspecified atom stereocenters. The lowest BCUT2D eigenvalue weighted by atomic mass is 10.1. The number of halogens is 4. The molecular formula is C17H24F4N4. The van der Waals surface area contributed by atoms with Crippen LogP contribution in [0.1, 0.15) is 30.9 Å². The van der Waals surface area contributed by atoms with Crippen LogP contribution in [0.3, 0.4) is 0 Å². The number of alkyl halides is 3. The van der Waals surface area contributed by atoms with Gasteiger partial charge in [0.1, 0.15) is 5.82 Å². The number of likely N-dealkylation sites (N-methyl/N-ethyl adjacent to an activating group) is 1. The van der Waals surface area contributed by atoms with Gasteiger partial charge in [-0.05, 0) is 37.1 Å². The van der Waals surface area contributed by atoms with E-state index in [9.17, 15) is 17.6 Å². The van der Waals surface area contributed by atoms with Gasteiger partial charge in [-0.1, -0.05) is 13.0 Å². The number of guanidine groups is 1. The molecule has 1 aromatic rings. The smallest absolute Gasteiger partial charge is 0.355 e. The fraction of sp³-hybridized carbons (Fsp3) is 0.588. The number of rotatable bonds is 7. The Morgan fingerprint density at radius 1 is 1.28 bits per heavy atom. The van der Waals surface area contributed by atoms with Crippen LogP contribution in [-0.2, 0) is 12.7 Å². The third-order valence-corrected chi connectivity index (χ3v) is 4.21. The minimum atomic E-state index is -4.60. The zero-order valence-corrected chi connectivity index (χ0v) is 14.5. The summed E-state index contributed by atoms with van der Waals surface area (Å²) in [4.78, 5) is 6.38. The Morgan fingerprint density at radius 3 is 2.56 bits per heavy atom. The van der Waals surface area contributed by atoms with Crippen molar-refractivity contribution in [2.75, 3.05) is 26.7 Å². The average molecular weight is 360 g/mol. The minimum Gasteiger partial charge on any atom is -0.355 e. The molecule has 1 saturated carbocycles. The first-order valence-corrected chi connectivity index (χ1v) is 8.39. The second-order valence-electron chi connectivity index (χ2n) is 6.01. The van der Waals surface area contributed by atoms with Gasteiger partial charge in [0.05, 0.1) is 5.56 Å². The molecule has 1 fully saturated rings. The largest absolute Gasteiger partial charge is 0.416 e. The summed E-state index contributed by atoms with van der Waals surface area (Å²) in [5.41, 5.74) is -0.994. The molecule has 4 nitrogen and oxygen atoms in total. The molecule has 0 spiro atoms. The molecular weight excluding hydrogens is 336 g/mol. The van der Waals surface area contributed by atoms with E-state index in [1.54, 1.807) is 7.05 Å². The molecule has 2 rings (SSSR count). The number of nitrogens with zero attached hydrogens (tertiary/aromatic N) is 2. The van der Waals surface area contributed by atoms with E-state index in [0.29, 0.717) is 24.6 Å². The van der Waals surface area contributed by atoms with E-state index in [-0.39, 0.29) is 12.1 Å². The molecule has 0 atom stereocenters. The maximum Gasteiger partial charge on any atom is 0.416 e. The number of nitrogens with one attached hydrogen (secondary N) is 2. The van der Waals surface area contributed by atoms with Crippen molar-refractivity contribution in [1.82, 2.24) is 15.5 Å². The molecule has 25 heavy (non-hydrogen) atoms. The predicted molar refractivity (Wildman–Crippen MR) is 89.9 cm³/mol. The maximum absolute atomic E-state index is 13.1. The van der Waals surface area contributed by atoms with E-state index in [1.165, 1.54) is 12.8 Å². The second-order valence-corrected chi connectivity index (χ2v) is 6.01. The molecule has 0 heterocycles. The van der Waals surface area contributed by atoms with Crippen molar-refractivity contribution in [2.45, 2.75) is 38.5 Å². The Bertz CT molecular complexity index is 597. The van der Waals surface area contributed by atoms with Gasteiger partial charge in [0.15, 0.2) is 5.96 Å². The molecule has 8 heteroatoms. The summed E-state index contributed by atoms with van der Waals surface area (Å²) < 4.78 is 52.1. The summed E-state index contributed by atoms with van der Waals surface area (Å²) in [5.74, 6) is -0.484. The first-order valence-electron chi connectivity index (χ1n) is 8.39. The first-order chi connectivity index (χ1) is 11.8. The molecule has 0 amide bonds. The Labute approximate surface area is 145 Å². The molecule has 1 aliphatic rings. The van der Waals surface area contributed by atoms with Crippen molar-refractivity contribution in [3.8, 4) is 0 Å². The zero-order chi connectivity index (χ0) is 18.4. The number of hydrogen-bond donors (Lipinski definition) is 2. The highest BCUT2D eigenvalue weighted by Crippen LogP contribution is 2.32. The first kappa shape index (κ1) is 19.5. The van der Waals surface area contributed by atoms with Crippen LogP contribution in [0.4, 0.5) is 17.6 Å². The lowest BCUT2D eigenvalue weighted by Gasteiger charge is -2.21. The Balaban J connectivity index is 1.88. The van der Waals surface area contributed by atoms with Gasteiger partial charge < -0.3 is 10.6 Å². The van der Waals surface area contributed by atoms with Crippen LogP contribution < -0.4 is 10.6 Å². The van der Waals surface area contributed by atoms with Gasteiger partial charge in [0.2, 0.25) is 0 Å². The summed E-state index contributed by atoms with van der Waals surface area (Å²) in [7, 11) is 1.56. The van der Waals surface area contributed by atoms with Crippen molar-refractivity contribution >= 4 is 5.96 Å². The Morgan fingerprint density at radius 2 is 2.00 bits per heavy atom. The summed E-state index contributed by atoms with van der Waals surface area (Å²) in [5, 5.41) is 5.95. The average Bonchev–Trinajstić information content (AvgIpc) is 3.39. The monoisotopic (exact) mass is 360 g/mol. The van der Waals surface area contributed by atoms with Gasteiger partial charge >= 0.3 is 6.18 Å². The van der Waals surface area contributed by atoms with Crippen LogP contribution in [0.2, 0.25) is 0 Å². The Kier molecular flexibility index (Phi) is 6.64. The number of benzene rings is 1. The van der Waals surface area contributed by atoms with Crippen LogP contribution in [0.5, 0.6) is 0 Å². The highest BCUT2D eigenvalue weighted by Gasteiger charge is 2.33. The van der Waals surface area contributed by atoms with Crippen molar-refractivity contribution in [3.05, 3.63) is 35.1 Å². The van der Waals surface area contributed by atoms with Crippen molar-refractivity contribution in [3.63, 3.8) is 0 Å². The summed E-state index contributed by atoms with van der Waals surface area (Å²) >= 11 is 0. The van der Waals surface area contributed by atoms with Crippen LogP contribution in [-0.4, -0.2) is 43.6 Å². The van der Waals surface area contributed by atoms with E-state index in [4.69, 9.17) is 0 Å². The summed E-state index contributed by atoms with van der Waals surface area (Å²) in [6, 6.07) is 3.35. The third kappa shape index (κ3) is 5.88. The normalized spacial score (nSPS) is 15.6. The molecule has 0 bridgehead atoms. The van der Waals surface area contributed by atoms with Gasteiger partial charge in [-0.3, -0.25) is 9.89 Å². The third-order valence-electron chi connectivity index (χ3n) is 4.21. The molecule has 2 N–H and O–H groups in total. The van der Waals surface area contributed by atoms with Gasteiger partial charge in [0, 0.05) is 32.7 Å². The lowest BCUT2D eigenvalue weighted by molar-refractivity contribution is -0.138. The fourth-order valence-electron chi connectivity index (χ4n) is 2.72.